The molecular formula is C12H15N3O. The third kappa shape index (κ3) is 2.80. The molecule has 84 valence electrons. The van der Waals surface area contributed by atoms with Crippen LogP contribution in [0.25, 0.3) is 0 Å². The smallest absolute Gasteiger partial charge is 0.111 e. The lowest BCUT2D eigenvalue weighted by Gasteiger charge is -2.22. The molecular weight excluding hydrogens is 202 g/mol. The van der Waals surface area contributed by atoms with Gasteiger partial charge in [-0.3, -0.25) is 0 Å². The van der Waals surface area contributed by atoms with Crippen molar-refractivity contribution >= 4 is 11.4 Å². The highest BCUT2D eigenvalue weighted by Crippen LogP contribution is 2.24. The van der Waals surface area contributed by atoms with E-state index >= 15 is 0 Å². The molecule has 1 rings (SSSR count). The maximum absolute atomic E-state index is 10.4. The maximum atomic E-state index is 10.4. The Morgan fingerprint density at radius 2 is 2.25 bits per heavy atom. The molecule has 0 fully saturated rings. The van der Waals surface area contributed by atoms with Gasteiger partial charge in [0.15, 0.2) is 0 Å². The van der Waals surface area contributed by atoms with Crippen molar-refractivity contribution < 1.29 is 0 Å². The van der Waals surface area contributed by atoms with Gasteiger partial charge in [0, 0.05) is 18.8 Å². The molecule has 0 atom stereocenters. The number of nitroso groups, excluding NO2 is 1. The largest absolute Gasteiger partial charge is 0.371 e. The first kappa shape index (κ1) is 12.2. The first-order valence-corrected chi connectivity index (χ1v) is 5.28. The van der Waals surface area contributed by atoms with Gasteiger partial charge in [-0.25, -0.2) is 0 Å². The minimum absolute atomic E-state index is 0.472. The van der Waals surface area contributed by atoms with Crippen LogP contribution in [0.2, 0.25) is 0 Å². The minimum Gasteiger partial charge on any atom is -0.371 e. The maximum Gasteiger partial charge on any atom is 0.111 e. The molecule has 0 amide bonds. The zero-order valence-corrected chi connectivity index (χ0v) is 9.60. The van der Waals surface area contributed by atoms with E-state index in [1.54, 1.807) is 6.07 Å². The summed E-state index contributed by atoms with van der Waals surface area (Å²) in [5.74, 6) is 0. The Hall–Kier alpha value is -1.89. The Morgan fingerprint density at radius 1 is 1.50 bits per heavy atom. The first-order chi connectivity index (χ1) is 7.72. The van der Waals surface area contributed by atoms with Crippen molar-refractivity contribution in [3.63, 3.8) is 0 Å². The molecule has 0 bridgehead atoms. The molecule has 0 unspecified atom stereocenters. The van der Waals surface area contributed by atoms with Crippen LogP contribution in [0, 0.1) is 23.2 Å². The summed E-state index contributed by atoms with van der Waals surface area (Å²) in [6.07, 6.45) is 0.501. The highest BCUT2D eigenvalue weighted by atomic mass is 16.3. The van der Waals surface area contributed by atoms with Crippen LogP contribution < -0.4 is 4.90 Å². The van der Waals surface area contributed by atoms with Crippen molar-refractivity contribution in [2.75, 3.05) is 18.0 Å². The van der Waals surface area contributed by atoms with Gasteiger partial charge >= 0.3 is 0 Å². The van der Waals surface area contributed by atoms with Gasteiger partial charge in [-0.1, -0.05) is 0 Å². The summed E-state index contributed by atoms with van der Waals surface area (Å²) < 4.78 is 0. The summed E-state index contributed by atoms with van der Waals surface area (Å²) in [6.45, 7) is 5.45. The van der Waals surface area contributed by atoms with Crippen LogP contribution in [-0.2, 0) is 0 Å². The molecule has 0 aliphatic heterocycles. The summed E-state index contributed by atoms with van der Waals surface area (Å²) in [4.78, 5) is 12.5. The molecule has 0 aliphatic rings. The Morgan fingerprint density at radius 3 is 2.75 bits per heavy atom. The van der Waals surface area contributed by atoms with E-state index in [0.717, 1.165) is 17.8 Å². The predicted molar refractivity (Wildman–Crippen MR) is 64.8 cm³/mol. The first-order valence-electron chi connectivity index (χ1n) is 5.28. The van der Waals surface area contributed by atoms with E-state index in [0.29, 0.717) is 18.7 Å². The Labute approximate surface area is 95.5 Å². The van der Waals surface area contributed by atoms with Crippen molar-refractivity contribution in [2.24, 2.45) is 5.18 Å². The second-order valence-corrected chi connectivity index (χ2v) is 3.55. The number of aryl methyl sites for hydroxylation is 1. The third-order valence-electron chi connectivity index (χ3n) is 2.52. The number of nitrogens with zero attached hydrogens (tertiary/aromatic N) is 3. The Balaban J connectivity index is 2.89. The number of benzene rings is 1. The Kier molecular flexibility index (Phi) is 4.46. The molecule has 0 saturated heterocycles. The van der Waals surface area contributed by atoms with E-state index in [4.69, 9.17) is 5.26 Å². The van der Waals surface area contributed by atoms with Crippen LogP contribution in [0.15, 0.2) is 23.4 Å². The van der Waals surface area contributed by atoms with E-state index < -0.39 is 0 Å². The lowest BCUT2D eigenvalue weighted by molar-refractivity contribution is 0.826. The van der Waals surface area contributed by atoms with Crippen LogP contribution in [0.5, 0.6) is 0 Å². The summed E-state index contributed by atoms with van der Waals surface area (Å²) >= 11 is 0. The van der Waals surface area contributed by atoms with E-state index in [1.807, 2.05) is 26.0 Å². The standard InChI is InChI=1S/C12H15N3O/c1-3-15(8-4-7-13)11-5-6-12(14-16)10(2)9-11/h5-6,9H,3-4,8H2,1-2H3. The molecule has 0 aromatic heterocycles. The number of hydrogen-bond donors (Lipinski definition) is 0. The van der Waals surface area contributed by atoms with Gasteiger partial charge in [-0.15, -0.1) is 4.91 Å². The fraction of sp³-hybridized carbons (Fsp3) is 0.417. The monoisotopic (exact) mass is 217 g/mol. The molecule has 1 aromatic rings. The van der Waals surface area contributed by atoms with Crippen LogP contribution in [0.3, 0.4) is 0 Å². The fourth-order valence-corrected chi connectivity index (χ4v) is 1.59. The SMILES string of the molecule is CCN(CCC#N)c1ccc(N=O)c(C)c1. The number of anilines is 1. The quantitative estimate of drug-likeness (QED) is 0.712. The van der Waals surface area contributed by atoms with Gasteiger partial charge in [0.05, 0.1) is 12.5 Å². The molecule has 4 heteroatoms. The molecule has 0 heterocycles. The van der Waals surface area contributed by atoms with Gasteiger partial charge in [-0.2, -0.15) is 5.26 Å². The zero-order chi connectivity index (χ0) is 12.0. The summed E-state index contributed by atoms with van der Waals surface area (Å²) in [5, 5.41) is 11.5. The number of nitriles is 1. The van der Waals surface area contributed by atoms with Crippen molar-refractivity contribution in [1.82, 2.24) is 0 Å². The fourth-order valence-electron chi connectivity index (χ4n) is 1.59. The average molecular weight is 217 g/mol. The van der Waals surface area contributed by atoms with Gasteiger partial charge in [-0.05, 0) is 42.8 Å². The average Bonchev–Trinajstić information content (AvgIpc) is 2.30. The van der Waals surface area contributed by atoms with Gasteiger partial charge in [0.1, 0.15) is 5.69 Å². The van der Waals surface area contributed by atoms with E-state index in [9.17, 15) is 4.91 Å². The summed E-state index contributed by atoms with van der Waals surface area (Å²) in [7, 11) is 0. The van der Waals surface area contributed by atoms with E-state index in [1.165, 1.54) is 0 Å². The van der Waals surface area contributed by atoms with Gasteiger partial charge < -0.3 is 4.90 Å². The predicted octanol–water partition coefficient (Wildman–Crippen LogP) is 3.13. The lowest BCUT2D eigenvalue weighted by atomic mass is 10.1. The van der Waals surface area contributed by atoms with Crippen LogP contribution in [-0.4, -0.2) is 13.1 Å². The molecule has 0 aliphatic carbocycles. The van der Waals surface area contributed by atoms with Crippen molar-refractivity contribution in [3.05, 3.63) is 28.7 Å². The van der Waals surface area contributed by atoms with Crippen LogP contribution in [0.4, 0.5) is 11.4 Å². The minimum atomic E-state index is 0.472. The van der Waals surface area contributed by atoms with Crippen LogP contribution in [0.1, 0.15) is 18.9 Å². The molecule has 0 radical (unpaired) electrons. The normalized spacial score (nSPS) is 9.56. The molecule has 0 saturated carbocycles. The molecule has 0 spiro atoms. The highest BCUT2D eigenvalue weighted by molar-refractivity contribution is 5.57. The number of hydrogen-bond acceptors (Lipinski definition) is 4. The van der Waals surface area contributed by atoms with Crippen LogP contribution >= 0.6 is 0 Å². The van der Waals surface area contributed by atoms with E-state index in [2.05, 4.69) is 16.1 Å². The lowest BCUT2D eigenvalue weighted by Crippen LogP contribution is -2.23. The Bertz CT molecular complexity index is 409. The highest BCUT2D eigenvalue weighted by Gasteiger charge is 2.06. The second-order valence-electron chi connectivity index (χ2n) is 3.55. The van der Waals surface area contributed by atoms with E-state index in [-0.39, 0.29) is 0 Å². The van der Waals surface area contributed by atoms with Gasteiger partial charge in [0.25, 0.3) is 0 Å². The topological polar surface area (TPSA) is 56.5 Å². The van der Waals surface area contributed by atoms with Crippen molar-refractivity contribution in [3.8, 4) is 6.07 Å². The third-order valence-corrected chi connectivity index (χ3v) is 2.52. The van der Waals surface area contributed by atoms with Gasteiger partial charge in [0.2, 0.25) is 0 Å². The summed E-state index contributed by atoms with van der Waals surface area (Å²) in [6, 6.07) is 7.64. The van der Waals surface area contributed by atoms with Crippen molar-refractivity contribution in [1.29, 1.82) is 5.26 Å². The molecule has 16 heavy (non-hydrogen) atoms. The molecule has 1 aromatic carbocycles. The van der Waals surface area contributed by atoms with Crippen molar-refractivity contribution in [2.45, 2.75) is 20.3 Å². The summed E-state index contributed by atoms with van der Waals surface area (Å²) in [5.41, 5.74) is 2.37. The zero-order valence-electron chi connectivity index (χ0n) is 9.60. The molecule has 4 nitrogen and oxygen atoms in total. The number of rotatable bonds is 5. The second kappa shape index (κ2) is 5.86. The molecule has 0 N–H and O–H groups in total.